The van der Waals surface area contributed by atoms with E-state index in [-0.39, 0.29) is 24.1 Å². The number of alkyl halides is 3. The fourth-order valence-electron chi connectivity index (χ4n) is 3.83. The summed E-state index contributed by atoms with van der Waals surface area (Å²) in [5, 5.41) is 4.54. The summed E-state index contributed by atoms with van der Waals surface area (Å²) in [7, 11) is 0. The largest absolute Gasteiger partial charge is 0.573 e. The number of hydrogen-bond acceptors (Lipinski definition) is 4. The van der Waals surface area contributed by atoms with Crippen molar-refractivity contribution in [2.75, 3.05) is 18.4 Å². The summed E-state index contributed by atoms with van der Waals surface area (Å²) < 4.78 is 40.6. The molecule has 162 valence electrons. The van der Waals surface area contributed by atoms with E-state index in [1.54, 1.807) is 4.90 Å². The Bertz CT molecular complexity index is 1080. The van der Waals surface area contributed by atoms with Crippen molar-refractivity contribution in [3.63, 3.8) is 0 Å². The number of pyridine rings is 1. The Hall–Kier alpha value is -3.29. The van der Waals surface area contributed by atoms with Crippen molar-refractivity contribution in [3.8, 4) is 5.75 Å². The minimum Gasteiger partial charge on any atom is -0.406 e. The Kier molecular flexibility index (Phi) is 5.71. The van der Waals surface area contributed by atoms with Crippen molar-refractivity contribution in [2.45, 2.75) is 32.2 Å². The normalized spacial score (nSPS) is 16.5. The van der Waals surface area contributed by atoms with Gasteiger partial charge in [0.1, 0.15) is 11.6 Å². The highest BCUT2D eigenvalue weighted by Crippen LogP contribution is 2.24. The first kappa shape index (κ1) is 21.0. The van der Waals surface area contributed by atoms with Crippen molar-refractivity contribution < 1.29 is 22.7 Å². The summed E-state index contributed by atoms with van der Waals surface area (Å²) in [6.45, 7) is 3.23. The van der Waals surface area contributed by atoms with E-state index in [0.717, 1.165) is 28.7 Å². The zero-order valence-electron chi connectivity index (χ0n) is 16.9. The molecule has 1 aliphatic heterocycles. The molecule has 1 saturated heterocycles. The molecule has 1 aliphatic rings. The van der Waals surface area contributed by atoms with E-state index in [4.69, 9.17) is 0 Å². The van der Waals surface area contributed by atoms with Crippen molar-refractivity contribution in [1.82, 2.24) is 9.88 Å². The molecule has 0 saturated carbocycles. The number of aryl methyl sites for hydroxylation is 1. The molecule has 1 aromatic heterocycles. The first-order chi connectivity index (χ1) is 14.8. The van der Waals surface area contributed by atoms with Crippen LogP contribution in [0.4, 0.5) is 19.0 Å². The van der Waals surface area contributed by atoms with Gasteiger partial charge in [0.05, 0.1) is 11.9 Å². The number of anilines is 1. The average molecular weight is 429 g/mol. The number of rotatable bonds is 5. The van der Waals surface area contributed by atoms with E-state index in [1.807, 2.05) is 37.3 Å². The Morgan fingerprint density at radius 1 is 1.19 bits per heavy atom. The lowest BCUT2D eigenvalue weighted by Gasteiger charge is -2.18. The van der Waals surface area contributed by atoms with Gasteiger partial charge < -0.3 is 15.0 Å². The standard InChI is InChI=1S/C23H22F3N3O2/c1-15-12-21(28-20-5-3-2-4-19(15)20)27-17-10-11-29(14-17)22(30)13-16-6-8-18(9-7-16)31-23(24,25)26/h2-9,12,17H,10-11,13-14H2,1H3,(H,27,28)/t17-/m0/s1. The number of halogens is 3. The van der Waals surface area contributed by atoms with Crippen LogP contribution < -0.4 is 10.1 Å². The molecule has 0 bridgehead atoms. The number of aromatic nitrogens is 1. The van der Waals surface area contributed by atoms with Crippen LogP contribution in [0.25, 0.3) is 10.9 Å². The fourth-order valence-corrected chi connectivity index (χ4v) is 3.83. The second-order valence-corrected chi connectivity index (χ2v) is 7.68. The lowest BCUT2D eigenvalue weighted by Crippen LogP contribution is -2.32. The maximum Gasteiger partial charge on any atom is 0.573 e. The fraction of sp³-hybridized carbons (Fsp3) is 0.304. The van der Waals surface area contributed by atoms with Gasteiger partial charge in [-0.1, -0.05) is 30.3 Å². The van der Waals surface area contributed by atoms with Gasteiger partial charge >= 0.3 is 6.36 Å². The highest BCUT2D eigenvalue weighted by molar-refractivity contribution is 5.83. The van der Waals surface area contributed by atoms with Crippen molar-refractivity contribution in [3.05, 3.63) is 65.7 Å². The maximum atomic E-state index is 12.6. The number of ether oxygens (including phenoxy) is 1. The molecule has 3 aromatic rings. The molecule has 4 rings (SSSR count). The molecule has 2 heterocycles. The minimum atomic E-state index is -4.73. The van der Waals surface area contributed by atoms with Gasteiger partial charge in [-0.2, -0.15) is 0 Å². The van der Waals surface area contributed by atoms with Crippen LogP contribution in [0.2, 0.25) is 0 Å². The minimum absolute atomic E-state index is 0.0589. The summed E-state index contributed by atoms with van der Waals surface area (Å²) in [4.78, 5) is 19.1. The molecule has 31 heavy (non-hydrogen) atoms. The van der Waals surface area contributed by atoms with Gasteiger partial charge in [0.2, 0.25) is 5.91 Å². The number of amides is 1. The predicted molar refractivity (Wildman–Crippen MR) is 112 cm³/mol. The molecule has 2 aromatic carbocycles. The smallest absolute Gasteiger partial charge is 0.406 e. The lowest BCUT2D eigenvalue weighted by atomic mass is 10.1. The van der Waals surface area contributed by atoms with Crippen LogP contribution in [-0.2, 0) is 11.2 Å². The number of benzene rings is 2. The van der Waals surface area contributed by atoms with E-state index in [2.05, 4.69) is 15.0 Å². The van der Waals surface area contributed by atoms with Crippen molar-refractivity contribution in [1.29, 1.82) is 0 Å². The molecular weight excluding hydrogens is 407 g/mol. The topological polar surface area (TPSA) is 54.5 Å². The molecule has 1 amide bonds. The van der Waals surface area contributed by atoms with Gasteiger partial charge in [-0.3, -0.25) is 4.79 Å². The van der Waals surface area contributed by atoms with Gasteiger partial charge in [-0.15, -0.1) is 13.2 Å². The summed E-state index contributed by atoms with van der Waals surface area (Å²) in [5.41, 5.74) is 2.70. The summed E-state index contributed by atoms with van der Waals surface area (Å²) in [6, 6.07) is 15.5. The van der Waals surface area contributed by atoms with Crippen molar-refractivity contribution in [2.24, 2.45) is 0 Å². The number of carbonyl (C=O) groups is 1. The van der Waals surface area contributed by atoms with Crippen LogP contribution in [0, 0.1) is 6.92 Å². The van der Waals surface area contributed by atoms with E-state index in [1.165, 1.54) is 24.3 Å². The molecule has 8 heteroatoms. The van der Waals surface area contributed by atoms with Crippen LogP contribution in [0.5, 0.6) is 5.75 Å². The lowest BCUT2D eigenvalue weighted by molar-refractivity contribution is -0.274. The first-order valence-corrected chi connectivity index (χ1v) is 10.0. The van der Waals surface area contributed by atoms with Crippen molar-refractivity contribution >= 4 is 22.6 Å². The van der Waals surface area contributed by atoms with E-state index >= 15 is 0 Å². The number of para-hydroxylation sites is 1. The molecule has 0 radical (unpaired) electrons. The Morgan fingerprint density at radius 2 is 1.94 bits per heavy atom. The van der Waals surface area contributed by atoms with Crippen LogP contribution >= 0.6 is 0 Å². The molecule has 0 unspecified atom stereocenters. The molecule has 0 spiro atoms. The number of nitrogens with zero attached hydrogens (tertiary/aromatic N) is 2. The van der Waals surface area contributed by atoms with Crippen LogP contribution in [-0.4, -0.2) is 41.3 Å². The Morgan fingerprint density at radius 3 is 2.68 bits per heavy atom. The molecular formula is C23H22F3N3O2. The molecule has 1 N–H and O–H groups in total. The third-order valence-corrected chi connectivity index (χ3v) is 5.33. The van der Waals surface area contributed by atoms with Gasteiger partial charge in [0.25, 0.3) is 0 Å². The second kappa shape index (κ2) is 8.45. The number of likely N-dealkylation sites (tertiary alicyclic amines) is 1. The van der Waals surface area contributed by atoms with Gasteiger partial charge in [-0.25, -0.2) is 4.98 Å². The molecule has 1 atom stereocenters. The van der Waals surface area contributed by atoms with E-state index < -0.39 is 6.36 Å². The zero-order chi connectivity index (χ0) is 22.0. The molecule has 1 fully saturated rings. The predicted octanol–water partition coefficient (Wildman–Crippen LogP) is 4.70. The number of nitrogens with one attached hydrogen (secondary N) is 1. The number of fused-ring (bicyclic) bond motifs is 1. The average Bonchev–Trinajstić information content (AvgIpc) is 3.17. The van der Waals surface area contributed by atoms with E-state index in [0.29, 0.717) is 18.7 Å². The molecule has 5 nitrogen and oxygen atoms in total. The quantitative estimate of drug-likeness (QED) is 0.639. The second-order valence-electron chi connectivity index (χ2n) is 7.68. The summed E-state index contributed by atoms with van der Waals surface area (Å²) >= 11 is 0. The Balaban J connectivity index is 1.34. The third kappa shape index (κ3) is 5.25. The number of carbonyl (C=O) groups excluding carboxylic acids is 1. The van der Waals surface area contributed by atoms with Gasteiger partial charge in [-0.05, 0) is 48.7 Å². The Labute approximate surface area is 177 Å². The van der Waals surface area contributed by atoms with Gasteiger partial charge in [0, 0.05) is 24.5 Å². The van der Waals surface area contributed by atoms with E-state index in [9.17, 15) is 18.0 Å². The SMILES string of the molecule is Cc1cc(N[C@H]2CCN(C(=O)Cc3ccc(OC(F)(F)F)cc3)C2)nc2ccccc12. The first-order valence-electron chi connectivity index (χ1n) is 10.0. The summed E-state index contributed by atoms with van der Waals surface area (Å²) in [6.07, 6.45) is -3.79. The van der Waals surface area contributed by atoms with Gasteiger partial charge in [0.15, 0.2) is 0 Å². The summed E-state index contributed by atoms with van der Waals surface area (Å²) in [5.74, 6) is 0.430. The highest BCUT2D eigenvalue weighted by Gasteiger charge is 2.31. The number of hydrogen-bond donors (Lipinski definition) is 1. The maximum absolute atomic E-state index is 12.6. The van der Waals surface area contributed by atoms with Crippen LogP contribution in [0.15, 0.2) is 54.6 Å². The third-order valence-electron chi connectivity index (χ3n) is 5.33. The zero-order valence-corrected chi connectivity index (χ0v) is 16.9. The highest BCUT2D eigenvalue weighted by atomic mass is 19.4. The van der Waals surface area contributed by atoms with Crippen LogP contribution in [0.3, 0.4) is 0 Å². The van der Waals surface area contributed by atoms with Crippen LogP contribution in [0.1, 0.15) is 17.5 Å². The molecule has 0 aliphatic carbocycles. The monoisotopic (exact) mass is 429 g/mol.